The van der Waals surface area contributed by atoms with Gasteiger partial charge in [-0.05, 0) is 54.5 Å². The first-order valence-corrected chi connectivity index (χ1v) is 7.70. The summed E-state index contributed by atoms with van der Waals surface area (Å²) in [5.41, 5.74) is 0. The molecule has 1 rings (SSSR count). The second-order valence-corrected chi connectivity index (χ2v) is 5.31. The molecule has 0 saturated carbocycles. The van der Waals surface area contributed by atoms with Gasteiger partial charge >= 0.3 is 0 Å². The first-order chi connectivity index (χ1) is 8.72. The molecule has 1 atom stereocenters. The summed E-state index contributed by atoms with van der Waals surface area (Å²) in [4.78, 5) is 2.44. The lowest BCUT2D eigenvalue weighted by atomic mass is 10.1. The number of rotatable bonds is 9. The summed E-state index contributed by atoms with van der Waals surface area (Å²) in [5, 5.41) is 3.57. The van der Waals surface area contributed by atoms with E-state index in [1.54, 1.807) is 6.26 Å². The molecular weight excluding hydrogens is 292 g/mol. The summed E-state index contributed by atoms with van der Waals surface area (Å²) in [6.07, 6.45) is 3.96. The van der Waals surface area contributed by atoms with Gasteiger partial charge in [-0.2, -0.15) is 0 Å². The maximum atomic E-state index is 5.60. The largest absolute Gasteiger partial charge is 0.466 e. The monoisotopic (exact) mass is 316 g/mol. The molecule has 4 heteroatoms. The van der Waals surface area contributed by atoms with Gasteiger partial charge in [0.15, 0.2) is 0 Å². The van der Waals surface area contributed by atoms with Crippen LogP contribution in [-0.4, -0.2) is 31.1 Å². The van der Waals surface area contributed by atoms with E-state index in [-0.39, 0.29) is 0 Å². The number of nitrogens with one attached hydrogen (secondary N) is 1. The molecule has 0 aliphatic heterocycles. The summed E-state index contributed by atoms with van der Waals surface area (Å²) in [5.74, 6) is 1.02. The standard InChI is InChI=1S/C14H25BrN2O/c1-4-9-16-13(7-10-17(5-2)6-3)14-12(15)8-11-18-14/h8,11,13,16H,4-7,9-10H2,1-3H3. The quantitative estimate of drug-likeness (QED) is 0.751. The van der Waals surface area contributed by atoms with Crippen molar-refractivity contribution < 1.29 is 4.42 Å². The Morgan fingerprint density at radius 2 is 2.06 bits per heavy atom. The van der Waals surface area contributed by atoms with Crippen molar-refractivity contribution in [2.24, 2.45) is 0 Å². The third-order valence-corrected chi connectivity index (χ3v) is 3.89. The Labute approximate surface area is 119 Å². The van der Waals surface area contributed by atoms with Crippen LogP contribution in [0.25, 0.3) is 0 Å². The molecule has 1 aromatic rings. The number of halogens is 1. The summed E-state index contributed by atoms with van der Waals surface area (Å²) < 4.78 is 6.66. The molecular formula is C14H25BrN2O. The Hall–Kier alpha value is -0.320. The summed E-state index contributed by atoms with van der Waals surface area (Å²) >= 11 is 3.55. The molecule has 1 N–H and O–H groups in total. The minimum Gasteiger partial charge on any atom is -0.466 e. The predicted octanol–water partition coefficient (Wildman–Crippen LogP) is 3.81. The van der Waals surface area contributed by atoms with Crippen LogP contribution in [0.1, 0.15) is 45.4 Å². The van der Waals surface area contributed by atoms with Crippen molar-refractivity contribution >= 4 is 15.9 Å². The van der Waals surface area contributed by atoms with E-state index in [2.05, 4.69) is 46.9 Å². The van der Waals surface area contributed by atoms with E-state index in [1.807, 2.05) is 6.07 Å². The van der Waals surface area contributed by atoms with Crippen molar-refractivity contribution in [1.29, 1.82) is 0 Å². The molecule has 1 heterocycles. The Morgan fingerprint density at radius 3 is 2.56 bits per heavy atom. The maximum Gasteiger partial charge on any atom is 0.134 e. The zero-order chi connectivity index (χ0) is 13.4. The van der Waals surface area contributed by atoms with Gasteiger partial charge in [0.1, 0.15) is 5.76 Å². The van der Waals surface area contributed by atoms with Crippen molar-refractivity contribution in [1.82, 2.24) is 10.2 Å². The van der Waals surface area contributed by atoms with Gasteiger partial charge in [-0.25, -0.2) is 0 Å². The topological polar surface area (TPSA) is 28.4 Å². The first kappa shape index (κ1) is 15.7. The molecule has 0 aliphatic rings. The average Bonchev–Trinajstić information content (AvgIpc) is 2.80. The highest BCUT2D eigenvalue weighted by Crippen LogP contribution is 2.26. The molecule has 1 aromatic heterocycles. The van der Waals surface area contributed by atoms with E-state index >= 15 is 0 Å². The first-order valence-electron chi connectivity index (χ1n) is 6.91. The van der Waals surface area contributed by atoms with E-state index in [4.69, 9.17) is 4.42 Å². The van der Waals surface area contributed by atoms with Gasteiger partial charge in [-0.1, -0.05) is 20.8 Å². The van der Waals surface area contributed by atoms with Gasteiger partial charge in [0.2, 0.25) is 0 Å². The van der Waals surface area contributed by atoms with Gasteiger partial charge in [0, 0.05) is 6.54 Å². The van der Waals surface area contributed by atoms with Gasteiger partial charge in [-0.15, -0.1) is 0 Å². The van der Waals surface area contributed by atoms with Gasteiger partial charge in [0.25, 0.3) is 0 Å². The van der Waals surface area contributed by atoms with Crippen molar-refractivity contribution in [2.45, 2.75) is 39.7 Å². The zero-order valence-corrected chi connectivity index (χ0v) is 13.3. The second kappa shape index (κ2) is 8.73. The van der Waals surface area contributed by atoms with E-state index in [0.717, 1.165) is 49.3 Å². The average molecular weight is 317 g/mol. The molecule has 0 saturated heterocycles. The second-order valence-electron chi connectivity index (χ2n) is 4.46. The number of hydrogen-bond donors (Lipinski definition) is 1. The fourth-order valence-corrected chi connectivity index (χ4v) is 2.53. The van der Waals surface area contributed by atoms with Crippen molar-refractivity contribution in [3.8, 4) is 0 Å². The maximum absolute atomic E-state index is 5.60. The highest BCUT2D eigenvalue weighted by Gasteiger charge is 2.17. The molecule has 104 valence electrons. The van der Waals surface area contributed by atoms with Crippen LogP contribution >= 0.6 is 15.9 Å². The van der Waals surface area contributed by atoms with E-state index < -0.39 is 0 Å². The summed E-state index contributed by atoms with van der Waals surface area (Å²) in [6, 6.07) is 2.27. The Kier molecular flexibility index (Phi) is 7.63. The lowest BCUT2D eigenvalue weighted by molar-refractivity contribution is 0.271. The number of furan rings is 1. The molecule has 1 unspecified atom stereocenters. The third kappa shape index (κ3) is 4.75. The van der Waals surface area contributed by atoms with Crippen LogP contribution in [-0.2, 0) is 0 Å². The molecule has 0 amide bonds. The van der Waals surface area contributed by atoms with Crippen LogP contribution in [0, 0.1) is 0 Å². The fraction of sp³-hybridized carbons (Fsp3) is 0.714. The Morgan fingerprint density at radius 1 is 1.33 bits per heavy atom. The van der Waals surface area contributed by atoms with Crippen LogP contribution in [0.2, 0.25) is 0 Å². The van der Waals surface area contributed by atoms with Gasteiger partial charge in [-0.3, -0.25) is 0 Å². The van der Waals surface area contributed by atoms with E-state index in [1.165, 1.54) is 0 Å². The molecule has 0 fully saturated rings. The van der Waals surface area contributed by atoms with Crippen LogP contribution in [0.4, 0.5) is 0 Å². The highest BCUT2D eigenvalue weighted by atomic mass is 79.9. The van der Waals surface area contributed by atoms with E-state index in [0.29, 0.717) is 6.04 Å². The van der Waals surface area contributed by atoms with Crippen LogP contribution in [0.5, 0.6) is 0 Å². The number of hydrogen-bond acceptors (Lipinski definition) is 3. The minimum absolute atomic E-state index is 0.301. The van der Waals surface area contributed by atoms with Crippen LogP contribution < -0.4 is 5.32 Å². The Balaban J connectivity index is 2.59. The molecule has 0 aliphatic carbocycles. The SMILES string of the molecule is CCCNC(CCN(CC)CC)c1occc1Br. The van der Waals surface area contributed by atoms with Crippen molar-refractivity contribution in [3.63, 3.8) is 0 Å². The number of nitrogens with zero attached hydrogens (tertiary/aromatic N) is 1. The molecule has 18 heavy (non-hydrogen) atoms. The molecule has 3 nitrogen and oxygen atoms in total. The van der Waals surface area contributed by atoms with Crippen molar-refractivity contribution in [3.05, 3.63) is 22.6 Å². The van der Waals surface area contributed by atoms with Crippen LogP contribution in [0.15, 0.2) is 21.2 Å². The molecule has 0 aromatic carbocycles. The molecule has 0 radical (unpaired) electrons. The van der Waals surface area contributed by atoms with Crippen LogP contribution in [0.3, 0.4) is 0 Å². The van der Waals surface area contributed by atoms with Crippen molar-refractivity contribution in [2.75, 3.05) is 26.2 Å². The third-order valence-electron chi connectivity index (χ3n) is 3.23. The predicted molar refractivity (Wildman–Crippen MR) is 79.8 cm³/mol. The van der Waals surface area contributed by atoms with E-state index in [9.17, 15) is 0 Å². The molecule has 0 bridgehead atoms. The lowest BCUT2D eigenvalue weighted by Gasteiger charge is -2.22. The lowest BCUT2D eigenvalue weighted by Crippen LogP contribution is -2.29. The van der Waals surface area contributed by atoms with Gasteiger partial charge in [0.05, 0.1) is 16.8 Å². The normalized spacial score (nSPS) is 13.2. The smallest absolute Gasteiger partial charge is 0.134 e. The molecule has 0 spiro atoms. The summed E-state index contributed by atoms with van der Waals surface area (Å²) in [7, 11) is 0. The summed E-state index contributed by atoms with van der Waals surface area (Å²) in [6.45, 7) is 10.9. The Bertz CT molecular complexity index is 323. The highest BCUT2D eigenvalue weighted by molar-refractivity contribution is 9.10. The minimum atomic E-state index is 0.301. The fourth-order valence-electron chi connectivity index (χ4n) is 2.05. The zero-order valence-electron chi connectivity index (χ0n) is 11.7. The van der Waals surface area contributed by atoms with Gasteiger partial charge < -0.3 is 14.6 Å².